The lowest BCUT2D eigenvalue weighted by atomic mass is 10.1. The monoisotopic (exact) mass is 303 g/mol. The minimum Gasteiger partial charge on any atom is -0.323 e. The zero-order chi connectivity index (χ0) is 13.3. The lowest BCUT2D eigenvalue weighted by molar-refractivity contribution is 0.590. The molecule has 0 spiro atoms. The maximum atomic E-state index is 6.27. The molecule has 0 amide bonds. The van der Waals surface area contributed by atoms with Gasteiger partial charge in [-0.05, 0) is 25.3 Å². The van der Waals surface area contributed by atoms with Crippen LogP contribution in [0, 0.1) is 6.92 Å². The van der Waals surface area contributed by atoms with Crippen molar-refractivity contribution in [2.24, 2.45) is 5.73 Å². The number of hydrogen-bond donors (Lipinski definition) is 1. The summed E-state index contributed by atoms with van der Waals surface area (Å²) in [6.07, 6.45) is 0.647. The van der Waals surface area contributed by atoms with Crippen LogP contribution < -0.4 is 5.73 Å². The zero-order valence-corrected chi connectivity index (χ0v) is 12.6. The Morgan fingerprint density at radius 2 is 2.22 bits per heavy atom. The molecule has 0 saturated heterocycles. The van der Waals surface area contributed by atoms with Gasteiger partial charge in [-0.2, -0.15) is 5.10 Å². The van der Waals surface area contributed by atoms with Gasteiger partial charge in [-0.15, -0.1) is 11.3 Å². The Morgan fingerprint density at radius 3 is 2.78 bits per heavy atom. The molecule has 0 radical (unpaired) electrons. The van der Waals surface area contributed by atoms with Crippen LogP contribution in [0.25, 0.3) is 0 Å². The lowest BCUT2D eigenvalue weighted by Crippen LogP contribution is -2.15. The third kappa shape index (κ3) is 2.57. The van der Waals surface area contributed by atoms with E-state index < -0.39 is 0 Å². The Balaban J connectivity index is 2.27. The van der Waals surface area contributed by atoms with Gasteiger partial charge < -0.3 is 5.73 Å². The summed E-state index contributed by atoms with van der Waals surface area (Å²) in [4.78, 5) is 0.995. The van der Waals surface area contributed by atoms with E-state index in [1.54, 1.807) is 11.3 Å². The van der Waals surface area contributed by atoms with Crippen molar-refractivity contribution in [3.8, 4) is 0 Å². The van der Waals surface area contributed by atoms with Gasteiger partial charge in [0.1, 0.15) is 0 Å². The molecule has 18 heavy (non-hydrogen) atoms. The van der Waals surface area contributed by atoms with Crippen LogP contribution >= 0.6 is 34.5 Å². The van der Waals surface area contributed by atoms with Crippen molar-refractivity contribution in [3.63, 3.8) is 0 Å². The molecule has 6 heteroatoms. The highest BCUT2D eigenvalue weighted by atomic mass is 35.5. The molecular weight excluding hydrogens is 289 g/mol. The SMILES string of the molecule is CCn1nc(C)c(Cl)c1CC(N)c1sccc1Cl. The molecule has 0 saturated carbocycles. The van der Waals surface area contributed by atoms with Crippen LogP contribution in [0.3, 0.4) is 0 Å². The number of thiophene rings is 1. The van der Waals surface area contributed by atoms with Crippen molar-refractivity contribution in [2.45, 2.75) is 32.9 Å². The van der Waals surface area contributed by atoms with Crippen LogP contribution in [0.1, 0.15) is 29.2 Å². The summed E-state index contributed by atoms with van der Waals surface area (Å²) in [6.45, 7) is 4.73. The number of nitrogens with two attached hydrogens (primary N) is 1. The first-order valence-corrected chi connectivity index (χ1v) is 7.38. The molecule has 0 aromatic carbocycles. The van der Waals surface area contributed by atoms with Crippen LogP contribution in [0.4, 0.5) is 0 Å². The van der Waals surface area contributed by atoms with Gasteiger partial charge in [0.05, 0.1) is 21.4 Å². The Morgan fingerprint density at radius 1 is 1.50 bits per heavy atom. The summed E-state index contributed by atoms with van der Waals surface area (Å²) in [5.74, 6) is 0. The number of aromatic nitrogens is 2. The summed E-state index contributed by atoms with van der Waals surface area (Å²) in [7, 11) is 0. The highest BCUT2D eigenvalue weighted by Gasteiger charge is 2.19. The maximum Gasteiger partial charge on any atom is 0.0847 e. The minimum absolute atomic E-state index is 0.142. The van der Waals surface area contributed by atoms with Crippen molar-refractivity contribution >= 4 is 34.5 Å². The number of nitrogens with zero attached hydrogens (tertiary/aromatic N) is 2. The molecular formula is C12H15Cl2N3S. The topological polar surface area (TPSA) is 43.8 Å². The van der Waals surface area contributed by atoms with Gasteiger partial charge >= 0.3 is 0 Å². The van der Waals surface area contributed by atoms with E-state index in [4.69, 9.17) is 28.9 Å². The second-order valence-corrected chi connectivity index (χ2v) is 5.84. The molecule has 3 nitrogen and oxygen atoms in total. The Bertz CT molecular complexity index is 548. The number of aryl methyl sites for hydroxylation is 2. The summed E-state index contributed by atoms with van der Waals surface area (Å²) in [5, 5.41) is 7.76. The maximum absolute atomic E-state index is 6.27. The van der Waals surface area contributed by atoms with Crippen LogP contribution in [0.2, 0.25) is 10.0 Å². The summed E-state index contributed by atoms with van der Waals surface area (Å²) < 4.78 is 1.90. The minimum atomic E-state index is -0.142. The third-order valence-electron chi connectivity index (χ3n) is 2.85. The van der Waals surface area contributed by atoms with Gasteiger partial charge in [-0.1, -0.05) is 23.2 Å². The fraction of sp³-hybridized carbons (Fsp3) is 0.417. The Hall–Kier alpha value is -0.550. The molecule has 1 unspecified atom stereocenters. The molecule has 0 aliphatic carbocycles. The molecule has 0 bridgehead atoms. The van der Waals surface area contributed by atoms with Crippen LogP contribution in [0.5, 0.6) is 0 Å². The predicted molar refractivity (Wildman–Crippen MR) is 77.6 cm³/mol. The van der Waals surface area contributed by atoms with Crippen LogP contribution in [-0.2, 0) is 13.0 Å². The lowest BCUT2D eigenvalue weighted by Gasteiger charge is -2.12. The first-order valence-electron chi connectivity index (χ1n) is 5.74. The van der Waals surface area contributed by atoms with Gasteiger partial charge in [-0.3, -0.25) is 4.68 Å². The van der Waals surface area contributed by atoms with Crippen molar-refractivity contribution in [1.82, 2.24) is 9.78 Å². The van der Waals surface area contributed by atoms with E-state index in [0.29, 0.717) is 11.4 Å². The van der Waals surface area contributed by atoms with Gasteiger partial charge in [0.25, 0.3) is 0 Å². The highest BCUT2D eigenvalue weighted by molar-refractivity contribution is 7.10. The molecule has 2 heterocycles. The van der Waals surface area contributed by atoms with Crippen molar-refractivity contribution in [2.75, 3.05) is 0 Å². The average molecular weight is 304 g/mol. The number of hydrogen-bond acceptors (Lipinski definition) is 3. The van der Waals surface area contributed by atoms with Gasteiger partial charge in [-0.25, -0.2) is 0 Å². The molecule has 0 aliphatic rings. The van der Waals surface area contributed by atoms with Crippen molar-refractivity contribution in [1.29, 1.82) is 0 Å². The van der Waals surface area contributed by atoms with E-state index in [1.165, 1.54) is 0 Å². The quantitative estimate of drug-likeness (QED) is 0.933. The van der Waals surface area contributed by atoms with E-state index in [0.717, 1.165) is 27.8 Å². The second kappa shape index (κ2) is 5.61. The van der Waals surface area contributed by atoms with Gasteiger partial charge in [0.15, 0.2) is 0 Å². The normalized spacial score (nSPS) is 12.9. The molecule has 2 N–H and O–H groups in total. The van der Waals surface area contributed by atoms with E-state index in [-0.39, 0.29) is 6.04 Å². The van der Waals surface area contributed by atoms with Crippen LogP contribution in [0.15, 0.2) is 11.4 Å². The first kappa shape index (κ1) is 13.9. The second-order valence-electron chi connectivity index (χ2n) is 4.11. The average Bonchev–Trinajstić information content (AvgIpc) is 2.87. The van der Waals surface area contributed by atoms with Gasteiger partial charge in [0, 0.05) is 23.9 Å². The molecule has 98 valence electrons. The Kier molecular flexibility index (Phi) is 4.33. The molecule has 2 rings (SSSR count). The first-order chi connectivity index (χ1) is 8.54. The molecule has 2 aromatic rings. The van der Waals surface area contributed by atoms with Crippen molar-refractivity contribution in [3.05, 3.63) is 37.8 Å². The standard InChI is InChI=1S/C12H15Cl2N3S/c1-3-17-10(11(14)7(2)16-17)6-9(15)12-8(13)4-5-18-12/h4-5,9H,3,6,15H2,1-2H3. The molecule has 0 aliphatic heterocycles. The molecule has 0 fully saturated rings. The predicted octanol–water partition coefficient (Wildman–Crippen LogP) is 3.82. The molecule has 2 aromatic heterocycles. The summed E-state index contributed by atoms with van der Waals surface area (Å²) >= 11 is 13.9. The van der Waals surface area contributed by atoms with E-state index >= 15 is 0 Å². The van der Waals surface area contributed by atoms with Crippen molar-refractivity contribution < 1.29 is 0 Å². The smallest absolute Gasteiger partial charge is 0.0847 e. The highest BCUT2D eigenvalue weighted by Crippen LogP contribution is 2.31. The van der Waals surface area contributed by atoms with Crippen LogP contribution in [-0.4, -0.2) is 9.78 Å². The van der Waals surface area contributed by atoms with E-state index in [2.05, 4.69) is 5.10 Å². The fourth-order valence-corrected chi connectivity index (χ4v) is 3.35. The van der Waals surface area contributed by atoms with E-state index in [9.17, 15) is 0 Å². The number of rotatable bonds is 4. The largest absolute Gasteiger partial charge is 0.323 e. The van der Waals surface area contributed by atoms with E-state index in [1.807, 2.05) is 30.0 Å². The molecule has 1 atom stereocenters. The summed E-state index contributed by atoms with van der Waals surface area (Å²) in [5.41, 5.74) is 8.03. The van der Waals surface area contributed by atoms with Gasteiger partial charge in [0.2, 0.25) is 0 Å². The Labute approximate surface area is 121 Å². The number of halogens is 2. The third-order valence-corrected chi connectivity index (χ3v) is 4.83. The fourth-order valence-electron chi connectivity index (χ4n) is 1.93. The zero-order valence-electron chi connectivity index (χ0n) is 10.3. The summed E-state index contributed by atoms with van der Waals surface area (Å²) in [6, 6.07) is 1.72.